The molecular weight excluding hydrogens is 256 g/mol. The maximum Gasteiger partial charge on any atom is 0.352 e. The summed E-state index contributed by atoms with van der Waals surface area (Å²) in [5.41, 5.74) is 0.623. The molecule has 2 heterocycles. The fourth-order valence-electron chi connectivity index (χ4n) is 1.22. The van der Waals surface area contributed by atoms with E-state index < -0.39 is 0 Å². The minimum absolute atomic E-state index is 0.0826. The first-order chi connectivity index (χ1) is 8.22. The van der Waals surface area contributed by atoms with Gasteiger partial charge in [0, 0.05) is 0 Å². The summed E-state index contributed by atoms with van der Waals surface area (Å²) in [4.78, 5) is 13.3. The Labute approximate surface area is 107 Å². The summed E-state index contributed by atoms with van der Waals surface area (Å²) in [5.74, 6) is -0.335. The van der Waals surface area contributed by atoms with Gasteiger partial charge in [-0.2, -0.15) is 0 Å². The zero-order valence-corrected chi connectivity index (χ0v) is 11.2. The summed E-state index contributed by atoms with van der Waals surface area (Å²) in [7, 11) is 0. The Kier molecular flexibility index (Phi) is 3.86. The number of rotatable bonds is 4. The summed E-state index contributed by atoms with van der Waals surface area (Å²) < 4.78 is 9.11. The van der Waals surface area contributed by atoms with Crippen molar-refractivity contribution < 1.29 is 9.53 Å². The molecule has 0 fully saturated rings. The topological polar surface area (TPSA) is 52.1 Å². The number of carbonyl (C=O) groups excluding carboxylic acids is 1. The molecule has 0 aliphatic rings. The summed E-state index contributed by atoms with van der Waals surface area (Å²) in [6.45, 7) is 3.85. The Balaban J connectivity index is 2.22. The lowest BCUT2D eigenvalue weighted by Gasteiger charge is -2.09. The van der Waals surface area contributed by atoms with E-state index in [1.165, 1.54) is 11.3 Å². The summed E-state index contributed by atoms with van der Waals surface area (Å²) in [6.07, 6.45) is 0.715. The van der Waals surface area contributed by atoms with Gasteiger partial charge in [-0.15, -0.1) is 16.4 Å². The van der Waals surface area contributed by atoms with E-state index >= 15 is 0 Å². The lowest BCUT2D eigenvalue weighted by atomic mass is 10.3. The molecule has 0 aromatic carbocycles. The minimum atomic E-state index is -0.335. The Bertz CT molecular complexity index is 493. The van der Waals surface area contributed by atoms with Crippen molar-refractivity contribution in [2.75, 3.05) is 0 Å². The third-order valence-corrected chi connectivity index (χ3v) is 3.89. The highest BCUT2D eigenvalue weighted by atomic mass is 32.1. The fourth-order valence-corrected chi connectivity index (χ4v) is 2.56. The molecule has 4 nitrogen and oxygen atoms in total. The number of hydrogen-bond donors (Lipinski definition) is 0. The SMILES string of the molecule is CCC(C)OC(=O)c1snnc1-c1cccs1. The van der Waals surface area contributed by atoms with Gasteiger partial charge in [-0.1, -0.05) is 17.5 Å². The molecule has 17 heavy (non-hydrogen) atoms. The third-order valence-electron chi connectivity index (χ3n) is 2.31. The Morgan fingerprint density at radius 2 is 2.41 bits per heavy atom. The first kappa shape index (κ1) is 12.2. The second-order valence-corrected chi connectivity index (χ2v) is 5.25. The van der Waals surface area contributed by atoms with E-state index in [0.717, 1.165) is 22.8 Å². The molecule has 0 bridgehead atoms. The first-order valence-electron chi connectivity index (χ1n) is 5.29. The van der Waals surface area contributed by atoms with Crippen molar-refractivity contribution in [1.82, 2.24) is 9.59 Å². The van der Waals surface area contributed by atoms with Gasteiger partial charge in [0.2, 0.25) is 0 Å². The van der Waals surface area contributed by atoms with Crippen LogP contribution < -0.4 is 0 Å². The number of esters is 1. The molecule has 0 N–H and O–H groups in total. The molecule has 1 atom stereocenters. The molecule has 0 spiro atoms. The maximum absolute atomic E-state index is 11.9. The molecule has 90 valence electrons. The van der Waals surface area contributed by atoms with Crippen LogP contribution in [0.1, 0.15) is 29.9 Å². The standard InChI is InChI=1S/C11H12N2O2S2/c1-3-7(2)15-11(14)10-9(12-13-17-10)8-5-4-6-16-8/h4-7H,3H2,1-2H3. The van der Waals surface area contributed by atoms with Crippen molar-refractivity contribution in [3.8, 4) is 10.6 Å². The van der Waals surface area contributed by atoms with E-state index in [1.54, 1.807) is 0 Å². The van der Waals surface area contributed by atoms with Crippen molar-refractivity contribution in [3.63, 3.8) is 0 Å². The van der Waals surface area contributed by atoms with Gasteiger partial charge in [-0.05, 0) is 36.3 Å². The van der Waals surface area contributed by atoms with E-state index in [9.17, 15) is 4.79 Å². The van der Waals surface area contributed by atoms with Crippen molar-refractivity contribution in [2.24, 2.45) is 0 Å². The molecule has 2 rings (SSSR count). The Hall–Kier alpha value is -1.27. The predicted octanol–water partition coefficient (Wildman–Crippen LogP) is 3.22. The van der Waals surface area contributed by atoms with Crippen LogP contribution >= 0.6 is 22.9 Å². The zero-order valence-electron chi connectivity index (χ0n) is 9.54. The number of carbonyl (C=O) groups is 1. The van der Waals surface area contributed by atoms with Gasteiger partial charge in [0.15, 0.2) is 4.88 Å². The number of nitrogens with zero attached hydrogens (tertiary/aromatic N) is 2. The van der Waals surface area contributed by atoms with Crippen LogP contribution in [0, 0.1) is 0 Å². The largest absolute Gasteiger partial charge is 0.458 e. The second kappa shape index (κ2) is 5.37. The second-order valence-electron chi connectivity index (χ2n) is 3.55. The van der Waals surface area contributed by atoms with Crippen molar-refractivity contribution in [3.05, 3.63) is 22.4 Å². The number of hydrogen-bond acceptors (Lipinski definition) is 6. The van der Waals surface area contributed by atoms with Crippen LogP contribution in [0.15, 0.2) is 17.5 Å². The predicted molar refractivity (Wildman–Crippen MR) is 68.4 cm³/mol. The highest BCUT2D eigenvalue weighted by molar-refractivity contribution is 7.14. The lowest BCUT2D eigenvalue weighted by molar-refractivity contribution is 0.0341. The molecule has 0 radical (unpaired) electrons. The van der Waals surface area contributed by atoms with Crippen LogP contribution in [0.2, 0.25) is 0 Å². The molecule has 0 amide bonds. The van der Waals surface area contributed by atoms with Gasteiger partial charge in [-0.3, -0.25) is 0 Å². The molecule has 6 heteroatoms. The molecule has 2 aromatic rings. The molecule has 0 aliphatic heterocycles. The van der Waals surface area contributed by atoms with E-state index in [4.69, 9.17) is 4.74 Å². The van der Waals surface area contributed by atoms with Gasteiger partial charge in [-0.25, -0.2) is 4.79 Å². The molecule has 0 saturated carbocycles. The van der Waals surface area contributed by atoms with Crippen molar-refractivity contribution >= 4 is 28.8 Å². The lowest BCUT2D eigenvalue weighted by Crippen LogP contribution is -2.13. The van der Waals surface area contributed by atoms with Gasteiger partial charge >= 0.3 is 5.97 Å². The summed E-state index contributed by atoms with van der Waals surface area (Å²) >= 11 is 2.61. The normalized spacial score (nSPS) is 12.4. The molecular formula is C11H12N2O2S2. The van der Waals surface area contributed by atoms with Crippen LogP contribution in [0.3, 0.4) is 0 Å². The van der Waals surface area contributed by atoms with Crippen molar-refractivity contribution in [1.29, 1.82) is 0 Å². The van der Waals surface area contributed by atoms with Crippen LogP contribution in [0.5, 0.6) is 0 Å². The van der Waals surface area contributed by atoms with Gasteiger partial charge in [0.1, 0.15) is 5.69 Å². The van der Waals surface area contributed by atoms with Gasteiger partial charge < -0.3 is 4.74 Å². The highest BCUT2D eigenvalue weighted by Crippen LogP contribution is 2.28. The quantitative estimate of drug-likeness (QED) is 0.799. The monoisotopic (exact) mass is 268 g/mol. The van der Waals surface area contributed by atoms with E-state index in [2.05, 4.69) is 9.59 Å². The molecule has 2 aromatic heterocycles. The van der Waals surface area contributed by atoms with Crippen LogP contribution in [-0.2, 0) is 4.74 Å². The van der Waals surface area contributed by atoms with Gasteiger partial charge in [0.05, 0.1) is 11.0 Å². The van der Waals surface area contributed by atoms with Crippen LogP contribution in [0.25, 0.3) is 10.6 Å². The smallest absolute Gasteiger partial charge is 0.352 e. The van der Waals surface area contributed by atoms with E-state index in [-0.39, 0.29) is 12.1 Å². The summed E-state index contributed by atoms with van der Waals surface area (Å²) in [5, 5.41) is 5.93. The average Bonchev–Trinajstić information content (AvgIpc) is 2.98. The molecule has 0 saturated heterocycles. The third kappa shape index (κ3) is 2.70. The van der Waals surface area contributed by atoms with Crippen LogP contribution in [-0.4, -0.2) is 21.7 Å². The summed E-state index contributed by atoms with van der Waals surface area (Å²) in [6, 6.07) is 3.84. The zero-order chi connectivity index (χ0) is 12.3. The minimum Gasteiger partial charge on any atom is -0.458 e. The Morgan fingerprint density at radius 1 is 1.59 bits per heavy atom. The highest BCUT2D eigenvalue weighted by Gasteiger charge is 2.21. The van der Waals surface area contributed by atoms with Crippen LogP contribution in [0.4, 0.5) is 0 Å². The van der Waals surface area contributed by atoms with E-state index in [0.29, 0.717) is 10.6 Å². The first-order valence-corrected chi connectivity index (χ1v) is 6.95. The molecule has 1 unspecified atom stereocenters. The maximum atomic E-state index is 11.9. The van der Waals surface area contributed by atoms with Gasteiger partial charge in [0.25, 0.3) is 0 Å². The van der Waals surface area contributed by atoms with Crippen molar-refractivity contribution in [2.45, 2.75) is 26.4 Å². The Morgan fingerprint density at radius 3 is 3.06 bits per heavy atom. The average molecular weight is 268 g/mol. The van der Waals surface area contributed by atoms with E-state index in [1.807, 2.05) is 31.4 Å². The number of aromatic nitrogens is 2. The molecule has 0 aliphatic carbocycles. The fraction of sp³-hybridized carbons (Fsp3) is 0.364. The number of thiophene rings is 1. The number of ether oxygens (including phenoxy) is 1.